The molecule has 0 spiro atoms. The van der Waals surface area contributed by atoms with Crippen LogP contribution in [0.4, 0.5) is 5.69 Å². The van der Waals surface area contributed by atoms with Crippen molar-refractivity contribution in [3.8, 4) is 5.75 Å². The van der Waals surface area contributed by atoms with Crippen molar-refractivity contribution in [3.63, 3.8) is 0 Å². The van der Waals surface area contributed by atoms with Crippen molar-refractivity contribution in [1.82, 2.24) is 0 Å². The fraction of sp³-hybridized carbons (Fsp3) is 0.154. The van der Waals surface area contributed by atoms with E-state index in [2.05, 4.69) is 0 Å². The lowest BCUT2D eigenvalue weighted by molar-refractivity contribution is -0.384. The van der Waals surface area contributed by atoms with Crippen molar-refractivity contribution >= 4 is 11.7 Å². The fourth-order valence-corrected chi connectivity index (χ4v) is 1.65. The van der Waals surface area contributed by atoms with Crippen molar-refractivity contribution in [2.24, 2.45) is 0 Å². The molecule has 0 saturated carbocycles. The summed E-state index contributed by atoms with van der Waals surface area (Å²) >= 11 is 0. The molecule has 0 aliphatic heterocycles. The molecular formula is C13H11NO6. The van der Waals surface area contributed by atoms with Crippen LogP contribution in [0.3, 0.4) is 0 Å². The number of furan rings is 1. The number of rotatable bonds is 5. The molecule has 20 heavy (non-hydrogen) atoms. The Morgan fingerprint density at radius 1 is 1.40 bits per heavy atom. The number of ether oxygens (including phenoxy) is 1. The number of nitro groups is 1. The van der Waals surface area contributed by atoms with Crippen LogP contribution in [0.2, 0.25) is 0 Å². The third kappa shape index (κ3) is 2.94. The summed E-state index contributed by atoms with van der Waals surface area (Å²) in [7, 11) is 0. The first-order chi connectivity index (χ1) is 9.47. The molecule has 7 heteroatoms. The Hall–Kier alpha value is -2.83. The molecule has 104 valence electrons. The number of nitro benzene ring substituents is 1. The molecule has 1 heterocycles. The van der Waals surface area contributed by atoms with Crippen LogP contribution < -0.4 is 4.74 Å². The average Bonchev–Trinajstić information content (AvgIpc) is 2.78. The number of aryl methyl sites for hydroxylation is 1. The van der Waals surface area contributed by atoms with Crippen LogP contribution in [-0.4, -0.2) is 16.0 Å². The maximum Gasteiger partial charge on any atom is 0.339 e. The Balaban J connectivity index is 2.03. The minimum atomic E-state index is -1.06. The van der Waals surface area contributed by atoms with Crippen LogP contribution in [0, 0.1) is 17.0 Å². The first-order valence-corrected chi connectivity index (χ1v) is 5.67. The van der Waals surface area contributed by atoms with Gasteiger partial charge >= 0.3 is 5.97 Å². The van der Waals surface area contributed by atoms with E-state index in [1.165, 1.54) is 30.3 Å². The van der Waals surface area contributed by atoms with Crippen molar-refractivity contribution in [1.29, 1.82) is 0 Å². The Labute approximate surface area is 113 Å². The number of hydrogen-bond acceptors (Lipinski definition) is 5. The maximum atomic E-state index is 10.8. The van der Waals surface area contributed by atoms with Gasteiger partial charge in [-0.05, 0) is 25.1 Å². The van der Waals surface area contributed by atoms with Gasteiger partial charge in [-0.3, -0.25) is 10.1 Å². The molecular weight excluding hydrogens is 266 g/mol. The molecule has 0 saturated heterocycles. The summed E-state index contributed by atoms with van der Waals surface area (Å²) in [5.41, 5.74) is 0.0617. The van der Waals surface area contributed by atoms with Gasteiger partial charge in [0.05, 0.1) is 4.92 Å². The molecule has 1 N–H and O–H groups in total. The van der Waals surface area contributed by atoms with Gasteiger partial charge in [0.2, 0.25) is 0 Å². The van der Waals surface area contributed by atoms with Gasteiger partial charge in [-0.2, -0.15) is 0 Å². The molecule has 2 aromatic rings. The van der Waals surface area contributed by atoms with Gasteiger partial charge in [0.1, 0.15) is 29.4 Å². The van der Waals surface area contributed by atoms with Crippen LogP contribution >= 0.6 is 0 Å². The number of hydrogen-bond donors (Lipinski definition) is 1. The first-order valence-electron chi connectivity index (χ1n) is 5.67. The number of non-ortho nitro benzene ring substituents is 1. The van der Waals surface area contributed by atoms with E-state index in [4.69, 9.17) is 14.3 Å². The van der Waals surface area contributed by atoms with E-state index in [1.54, 1.807) is 6.92 Å². The zero-order chi connectivity index (χ0) is 14.7. The number of carbonyl (C=O) groups is 1. The van der Waals surface area contributed by atoms with E-state index < -0.39 is 10.9 Å². The van der Waals surface area contributed by atoms with Crippen LogP contribution in [0.15, 0.2) is 34.7 Å². The number of nitrogens with zero attached hydrogens (tertiary/aromatic N) is 1. The fourth-order valence-electron chi connectivity index (χ4n) is 1.65. The predicted octanol–water partition coefficient (Wildman–Crippen LogP) is 2.77. The van der Waals surface area contributed by atoms with Crippen LogP contribution in [0.25, 0.3) is 0 Å². The van der Waals surface area contributed by atoms with Gasteiger partial charge in [0.15, 0.2) is 0 Å². The van der Waals surface area contributed by atoms with Crippen LogP contribution in [0.5, 0.6) is 5.75 Å². The molecule has 0 fully saturated rings. The monoisotopic (exact) mass is 277 g/mol. The largest absolute Gasteiger partial charge is 0.486 e. The minimum absolute atomic E-state index is 0.0284. The van der Waals surface area contributed by atoms with Gasteiger partial charge in [-0.25, -0.2) is 4.79 Å². The second kappa shape index (κ2) is 5.43. The molecule has 1 aromatic carbocycles. The molecule has 0 unspecified atom stereocenters. The highest BCUT2D eigenvalue weighted by Gasteiger charge is 2.14. The maximum absolute atomic E-state index is 10.8. The van der Waals surface area contributed by atoms with Crippen molar-refractivity contribution in [3.05, 3.63) is 57.5 Å². The smallest absolute Gasteiger partial charge is 0.339 e. The summed E-state index contributed by atoms with van der Waals surface area (Å²) in [6.07, 6.45) is 0. The van der Waals surface area contributed by atoms with Gasteiger partial charge in [-0.1, -0.05) is 0 Å². The summed E-state index contributed by atoms with van der Waals surface area (Å²) in [5.74, 6) is 0.0485. The third-order valence-corrected chi connectivity index (χ3v) is 2.63. The van der Waals surface area contributed by atoms with Gasteiger partial charge in [0.25, 0.3) is 5.69 Å². The lowest BCUT2D eigenvalue weighted by Crippen LogP contribution is -1.96. The quantitative estimate of drug-likeness (QED) is 0.665. The summed E-state index contributed by atoms with van der Waals surface area (Å²) in [4.78, 5) is 20.8. The Bertz CT molecular complexity index is 643. The molecule has 0 atom stereocenters. The van der Waals surface area contributed by atoms with Crippen LogP contribution in [0.1, 0.15) is 21.9 Å². The summed E-state index contributed by atoms with van der Waals surface area (Å²) in [6, 6.07) is 6.97. The van der Waals surface area contributed by atoms with E-state index in [-0.39, 0.29) is 17.9 Å². The highest BCUT2D eigenvalue weighted by atomic mass is 16.6. The summed E-state index contributed by atoms with van der Waals surface area (Å²) in [6.45, 7) is 1.60. The Morgan fingerprint density at radius 3 is 2.55 bits per heavy atom. The first kappa shape index (κ1) is 13.6. The van der Waals surface area contributed by atoms with Crippen molar-refractivity contribution in [2.45, 2.75) is 13.5 Å². The molecule has 1 aromatic heterocycles. The standard InChI is InChI=1S/C13H11NO6/c1-8-12(13(15)16)6-11(20-8)7-19-10-4-2-9(3-5-10)14(17)18/h2-6H,7H2,1H3,(H,15,16). The van der Waals surface area contributed by atoms with E-state index >= 15 is 0 Å². The van der Waals surface area contributed by atoms with Gasteiger partial charge in [0, 0.05) is 12.1 Å². The van der Waals surface area contributed by atoms with E-state index in [0.717, 1.165) is 0 Å². The molecule has 0 bridgehead atoms. The zero-order valence-electron chi connectivity index (χ0n) is 10.5. The van der Waals surface area contributed by atoms with E-state index in [1.807, 2.05) is 0 Å². The van der Waals surface area contributed by atoms with Gasteiger partial charge < -0.3 is 14.3 Å². The average molecular weight is 277 g/mol. The minimum Gasteiger partial charge on any atom is -0.486 e. The van der Waals surface area contributed by atoms with Crippen molar-refractivity contribution in [2.75, 3.05) is 0 Å². The normalized spacial score (nSPS) is 10.2. The topological polar surface area (TPSA) is 103 Å². The zero-order valence-corrected chi connectivity index (χ0v) is 10.5. The number of aromatic carboxylic acids is 1. The van der Waals surface area contributed by atoms with Crippen molar-refractivity contribution < 1.29 is 24.0 Å². The third-order valence-electron chi connectivity index (χ3n) is 2.63. The summed E-state index contributed by atoms with van der Waals surface area (Å²) in [5, 5.41) is 19.4. The van der Waals surface area contributed by atoms with E-state index in [9.17, 15) is 14.9 Å². The lowest BCUT2D eigenvalue weighted by Gasteiger charge is -2.03. The lowest BCUT2D eigenvalue weighted by atomic mass is 10.2. The Kier molecular flexibility index (Phi) is 3.69. The van der Waals surface area contributed by atoms with E-state index in [0.29, 0.717) is 17.3 Å². The second-order valence-electron chi connectivity index (χ2n) is 4.03. The predicted molar refractivity (Wildman–Crippen MR) is 67.8 cm³/mol. The molecule has 2 rings (SSSR count). The Morgan fingerprint density at radius 2 is 2.05 bits per heavy atom. The number of carboxylic acid groups (broad SMARTS) is 1. The highest BCUT2D eigenvalue weighted by molar-refractivity contribution is 5.88. The number of benzene rings is 1. The van der Waals surface area contributed by atoms with Crippen LogP contribution in [-0.2, 0) is 6.61 Å². The molecule has 0 aliphatic rings. The summed E-state index contributed by atoms with van der Waals surface area (Å²) < 4.78 is 10.6. The molecule has 0 amide bonds. The number of carboxylic acids is 1. The molecule has 0 aliphatic carbocycles. The SMILES string of the molecule is Cc1oc(COc2ccc([N+](=O)[O-])cc2)cc1C(=O)O. The highest BCUT2D eigenvalue weighted by Crippen LogP contribution is 2.20. The molecule has 7 nitrogen and oxygen atoms in total. The molecule has 0 radical (unpaired) electrons. The second-order valence-corrected chi connectivity index (χ2v) is 4.03. The van der Waals surface area contributed by atoms with Gasteiger partial charge in [-0.15, -0.1) is 0 Å².